The molecule has 0 aromatic heterocycles. The van der Waals surface area contributed by atoms with Gasteiger partial charge in [0, 0.05) is 12.6 Å². The van der Waals surface area contributed by atoms with E-state index in [-0.39, 0.29) is 11.6 Å². The molecule has 0 saturated heterocycles. The smallest absolute Gasteiger partial charge is 0.416 e. The standard InChI is InChI=1S/C18H18F3NO2/c1-12(9-13-5-7-16(8-6-13)18(19,20)21)22-11-14-3-2-4-15(10-14)17(23)24/h2-8,10,12,22H,9,11H2,1H3,(H,23,24). The van der Waals surface area contributed by atoms with E-state index in [1.807, 2.05) is 13.0 Å². The topological polar surface area (TPSA) is 49.3 Å². The summed E-state index contributed by atoms with van der Waals surface area (Å²) in [6.45, 7) is 2.42. The third-order valence-electron chi connectivity index (χ3n) is 3.65. The van der Waals surface area contributed by atoms with Crippen LogP contribution in [0.25, 0.3) is 0 Å². The average Bonchev–Trinajstić information content (AvgIpc) is 2.53. The Morgan fingerprint density at radius 2 is 1.79 bits per heavy atom. The highest BCUT2D eigenvalue weighted by Crippen LogP contribution is 2.29. The van der Waals surface area contributed by atoms with Gasteiger partial charge in [0.15, 0.2) is 0 Å². The van der Waals surface area contributed by atoms with Gasteiger partial charge in [-0.1, -0.05) is 24.3 Å². The maximum Gasteiger partial charge on any atom is 0.416 e. The van der Waals surface area contributed by atoms with Crippen LogP contribution in [0.2, 0.25) is 0 Å². The number of carboxylic acids is 1. The van der Waals surface area contributed by atoms with Crippen molar-refractivity contribution in [3.8, 4) is 0 Å². The van der Waals surface area contributed by atoms with Crippen LogP contribution in [0.3, 0.4) is 0 Å². The van der Waals surface area contributed by atoms with E-state index in [2.05, 4.69) is 5.32 Å². The lowest BCUT2D eigenvalue weighted by atomic mass is 10.0. The minimum absolute atomic E-state index is 0.0372. The molecule has 2 N–H and O–H groups in total. The molecule has 0 amide bonds. The second-order valence-corrected chi connectivity index (χ2v) is 5.69. The first-order valence-corrected chi connectivity index (χ1v) is 7.47. The van der Waals surface area contributed by atoms with Crippen LogP contribution in [-0.2, 0) is 19.1 Å². The van der Waals surface area contributed by atoms with Crippen LogP contribution in [0.1, 0.15) is 34.0 Å². The molecule has 0 fully saturated rings. The summed E-state index contributed by atoms with van der Waals surface area (Å²) in [4.78, 5) is 10.9. The van der Waals surface area contributed by atoms with E-state index in [9.17, 15) is 18.0 Å². The predicted molar refractivity (Wildman–Crippen MR) is 84.9 cm³/mol. The molecular weight excluding hydrogens is 319 g/mol. The zero-order valence-corrected chi connectivity index (χ0v) is 13.1. The molecule has 6 heteroatoms. The number of carbonyl (C=O) groups is 1. The Bertz CT molecular complexity index is 696. The Labute approximate surface area is 138 Å². The molecule has 0 aliphatic rings. The third kappa shape index (κ3) is 5.09. The van der Waals surface area contributed by atoms with Crippen LogP contribution in [0.5, 0.6) is 0 Å². The molecule has 2 aromatic rings. The van der Waals surface area contributed by atoms with Crippen molar-refractivity contribution in [3.05, 3.63) is 70.8 Å². The molecule has 0 radical (unpaired) electrons. The Morgan fingerprint density at radius 3 is 2.38 bits per heavy atom. The monoisotopic (exact) mass is 337 g/mol. The maximum atomic E-state index is 12.5. The second kappa shape index (κ2) is 7.49. The lowest BCUT2D eigenvalue weighted by molar-refractivity contribution is -0.137. The van der Waals surface area contributed by atoms with Crippen LogP contribution < -0.4 is 5.32 Å². The van der Waals surface area contributed by atoms with E-state index in [1.54, 1.807) is 12.1 Å². The van der Waals surface area contributed by atoms with Gasteiger partial charge in [0.1, 0.15) is 0 Å². The SMILES string of the molecule is CC(Cc1ccc(C(F)(F)F)cc1)NCc1cccc(C(=O)O)c1. The van der Waals surface area contributed by atoms with Gasteiger partial charge in [-0.3, -0.25) is 0 Å². The first kappa shape index (κ1) is 18.0. The first-order valence-electron chi connectivity index (χ1n) is 7.47. The zero-order valence-electron chi connectivity index (χ0n) is 13.1. The van der Waals surface area contributed by atoms with Gasteiger partial charge in [-0.25, -0.2) is 4.79 Å². The minimum Gasteiger partial charge on any atom is -0.478 e. The Kier molecular flexibility index (Phi) is 5.62. The summed E-state index contributed by atoms with van der Waals surface area (Å²) in [6.07, 6.45) is -3.74. The van der Waals surface area contributed by atoms with Gasteiger partial charge in [-0.15, -0.1) is 0 Å². The molecule has 2 aromatic carbocycles. The highest BCUT2D eigenvalue weighted by atomic mass is 19.4. The number of aromatic carboxylic acids is 1. The Morgan fingerprint density at radius 1 is 1.12 bits per heavy atom. The zero-order chi connectivity index (χ0) is 17.7. The van der Waals surface area contributed by atoms with Crippen molar-refractivity contribution in [2.24, 2.45) is 0 Å². The molecule has 0 spiro atoms. The van der Waals surface area contributed by atoms with Crippen molar-refractivity contribution in [2.75, 3.05) is 0 Å². The maximum absolute atomic E-state index is 12.5. The largest absolute Gasteiger partial charge is 0.478 e. The van der Waals surface area contributed by atoms with Crippen LogP contribution >= 0.6 is 0 Å². The number of alkyl halides is 3. The summed E-state index contributed by atoms with van der Waals surface area (Å²) in [5, 5.41) is 12.2. The summed E-state index contributed by atoms with van der Waals surface area (Å²) in [5.74, 6) is -0.977. The van der Waals surface area contributed by atoms with Gasteiger partial charge in [-0.2, -0.15) is 13.2 Å². The van der Waals surface area contributed by atoms with Gasteiger partial charge in [-0.05, 0) is 48.7 Å². The van der Waals surface area contributed by atoms with Crippen molar-refractivity contribution in [1.82, 2.24) is 5.32 Å². The quantitative estimate of drug-likeness (QED) is 0.833. The molecule has 0 heterocycles. The van der Waals surface area contributed by atoms with Crippen molar-refractivity contribution in [2.45, 2.75) is 32.1 Å². The Hall–Kier alpha value is -2.34. The van der Waals surface area contributed by atoms with Crippen molar-refractivity contribution >= 4 is 5.97 Å². The summed E-state index contributed by atoms with van der Waals surface area (Å²) in [5.41, 5.74) is 1.22. The molecule has 1 unspecified atom stereocenters. The fraction of sp³-hybridized carbons (Fsp3) is 0.278. The molecule has 0 bridgehead atoms. The highest BCUT2D eigenvalue weighted by Gasteiger charge is 2.29. The van der Waals surface area contributed by atoms with Gasteiger partial charge < -0.3 is 10.4 Å². The molecule has 0 saturated carbocycles. The summed E-state index contributed by atoms with van der Waals surface area (Å²) >= 11 is 0. The molecular formula is C18H18F3NO2. The van der Waals surface area contributed by atoms with E-state index in [1.165, 1.54) is 18.2 Å². The number of halogens is 3. The summed E-state index contributed by atoms with van der Waals surface area (Å²) in [6, 6.07) is 11.8. The summed E-state index contributed by atoms with van der Waals surface area (Å²) < 4.78 is 37.6. The van der Waals surface area contributed by atoms with Crippen LogP contribution in [0.15, 0.2) is 48.5 Å². The van der Waals surface area contributed by atoms with Crippen LogP contribution in [0.4, 0.5) is 13.2 Å². The predicted octanol–water partition coefficient (Wildman–Crippen LogP) is 4.12. The van der Waals surface area contributed by atoms with Gasteiger partial charge in [0.2, 0.25) is 0 Å². The van der Waals surface area contributed by atoms with Crippen molar-refractivity contribution < 1.29 is 23.1 Å². The number of carboxylic acid groups (broad SMARTS) is 1. The fourth-order valence-corrected chi connectivity index (χ4v) is 2.36. The highest BCUT2D eigenvalue weighted by molar-refractivity contribution is 5.87. The normalized spacial score (nSPS) is 12.8. The molecule has 0 aliphatic carbocycles. The summed E-state index contributed by atoms with van der Waals surface area (Å²) in [7, 11) is 0. The van der Waals surface area contributed by atoms with Crippen LogP contribution in [0, 0.1) is 0 Å². The molecule has 0 aliphatic heterocycles. The number of hydrogen-bond donors (Lipinski definition) is 2. The molecule has 2 rings (SSSR count). The molecule has 1 atom stereocenters. The van der Waals surface area contributed by atoms with E-state index in [0.717, 1.165) is 23.3 Å². The van der Waals surface area contributed by atoms with Gasteiger partial charge >= 0.3 is 12.1 Å². The van der Waals surface area contributed by atoms with Gasteiger partial charge in [0.25, 0.3) is 0 Å². The lowest BCUT2D eigenvalue weighted by Crippen LogP contribution is -2.27. The van der Waals surface area contributed by atoms with E-state index < -0.39 is 17.7 Å². The minimum atomic E-state index is -4.32. The number of rotatable bonds is 6. The van der Waals surface area contributed by atoms with E-state index in [4.69, 9.17) is 5.11 Å². The van der Waals surface area contributed by atoms with Gasteiger partial charge in [0.05, 0.1) is 11.1 Å². The van der Waals surface area contributed by atoms with E-state index in [0.29, 0.717) is 13.0 Å². The molecule has 128 valence electrons. The number of nitrogens with one attached hydrogen (secondary N) is 1. The second-order valence-electron chi connectivity index (χ2n) is 5.69. The van der Waals surface area contributed by atoms with Crippen LogP contribution in [-0.4, -0.2) is 17.1 Å². The lowest BCUT2D eigenvalue weighted by Gasteiger charge is -2.15. The average molecular weight is 337 g/mol. The molecule has 3 nitrogen and oxygen atoms in total. The third-order valence-corrected chi connectivity index (χ3v) is 3.65. The number of benzene rings is 2. The fourth-order valence-electron chi connectivity index (χ4n) is 2.36. The first-order chi connectivity index (χ1) is 11.3. The number of hydrogen-bond acceptors (Lipinski definition) is 2. The molecule has 24 heavy (non-hydrogen) atoms. The van der Waals surface area contributed by atoms with Crippen molar-refractivity contribution in [1.29, 1.82) is 0 Å². The van der Waals surface area contributed by atoms with E-state index >= 15 is 0 Å². The Balaban J connectivity index is 1.90. The van der Waals surface area contributed by atoms with Crippen molar-refractivity contribution in [3.63, 3.8) is 0 Å².